The van der Waals surface area contributed by atoms with Crippen molar-refractivity contribution in [3.8, 4) is 0 Å². The van der Waals surface area contributed by atoms with E-state index >= 15 is 0 Å². The van der Waals surface area contributed by atoms with Gasteiger partial charge < -0.3 is 5.11 Å². The lowest BCUT2D eigenvalue weighted by atomic mass is 9.49. The summed E-state index contributed by atoms with van der Waals surface area (Å²) in [5, 5.41) is 9.04. The van der Waals surface area contributed by atoms with Gasteiger partial charge in [-0.25, -0.2) is 0 Å². The van der Waals surface area contributed by atoms with Crippen molar-refractivity contribution in [3.63, 3.8) is 0 Å². The van der Waals surface area contributed by atoms with Crippen LogP contribution in [0.25, 0.3) is 0 Å². The fraction of sp³-hybridized carbons (Fsp3) is 0.917. The van der Waals surface area contributed by atoms with Crippen LogP contribution >= 0.6 is 15.9 Å². The average Bonchev–Trinajstić information content (AvgIpc) is 1.94. The maximum atomic E-state index is 11.0. The molecule has 2 nitrogen and oxygen atoms in total. The van der Waals surface area contributed by atoms with Crippen LogP contribution in [0.4, 0.5) is 0 Å². The molecule has 3 heteroatoms. The summed E-state index contributed by atoms with van der Waals surface area (Å²) >= 11 is 3.89. The molecule has 0 spiro atoms. The Morgan fingerprint density at radius 3 is 2.33 bits per heavy atom. The van der Waals surface area contributed by atoms with Gasteiger partial charge in [0.2, 0.25) is 0 Å². The number of alkyl halides is 1. The maximum Gasteiger partial charge on any atom is 0.303 e. The normalized spacial score (nSPS) is 52.1. The molecule has 0 unspecified atom stereocenters. The molecule has 4 bridgehead atoms. The van der Waals surface area contributed by atoms with Crippen LogP contribution < -0.4 is 0 Å². The molecular formula is C12H17BrO2. The van der Waals surface area contributed by atoms with Crippen LogP contribution in [0.1, 0.15) is 44.9 Å². The van der Waals surface area contributed by atoms with E-state index in [2.05, 4.69) is 15.9 Å². The van der Waals surface area contributed by atoms with Crippen LogP contribution in [-0.4, -0.2) is 15.4 Å². The molecule has 0 radical (unpaired) electrons. The third-order valence-electron chi connectivity index (χ3n) is 4.64. The molecule has 4 aliphatic rings. The van der Waals surface area contributed by atoms with E-state index in [-0.39, 0.29) is 5.41 Å². The van der Waals surface area contributed by atoms with Crippen LogP contribution in [0.3, 0.4) is 0 Å². The van der Waals surface area contributed by atoms with E-state index in [0.29, 0.717) is 10.7 Å². The quantitative estimate of drug-likeness (QED) is 0.784. The smallest absolute Gasteiger partial charge is 0.303 e. The Balaban J connectivity index is 1.89. The molecule has 4 saturated carbocycles. The maximum absolute atomic E-state index is 11.0. The third-order valence-corrected chi connectivity index (χ3v) is 5.56. The van der Waals surface area contributed by atoms with E-state index in [1.807, 2.05) is 0 Å². The molecular weight excluding hydrogens is 256 g/mol. The van der Waals surface area contributed by atoms with E-state index < -0.39 is 5.97 Å². The summed E-state index contributed by atoms with van der Waals surface area (Å²) in [6, 6.07) is 0. The molecule has 84 valence electrons. The topological polar surface area (TPSA) is 37.3 Å². The second kappa shape index (κ2) is 2.99. The zero-order valence-electron chi connectivity index (χ0n) is 8.84. The lowest BCUT2D eigenvalue weighted by molar-refractivity contribution is -0.144. The molecule has 4 fully saturated rings. The Morgan fingerprint density at radius 2 is 1.87 bits per heavy atom. The molecule has 2 atom stereocenters. The number of hydrogen-bond acceptors (Lipinski definition) is 1. The molecule has 0 aromatic heterocycles. The molecule has 0 saturated heterocycles. The summed E-state index contributed by atoms with van der Waals surface area (Å²) in [5.74, 6) is 0.989. The minimum atomic E-state index is -0.604. The van der Waals surface area contributed by atoms with Gasteiger partial charge in [-0.3, -0.25) is 4.79 Å². The first-order valence-electron chi connectivity index (χ1n) is 5.89. The van der Waals surface area contributed by atoms with Crippen molar-refractivity contribution in [2.24, 2.45) is 17.3 Å². The number of carboxylic acid groups (broad SMARTS) is 1. The van der Waals surface area contributed by atoms with E-state index in [0.717, 1.165) is 18.3 Å². The number of rotatable bonds is 2. The molecule has 0 aromatic carbocycles. The Labute approximate surface area is 98.6 Å². The number of carboxylic acids is 1. The minimum absolute atomic E-state index is 0.138. The Kier molecular flexibility index (Phi) is 2.02. The van der Waals surface area contributed by atoms with Gasteiger partial charge in [0.1, 0.15) is 0 Å². The highest BCUT2D eigenvalue weighted by atomic mass is 79.9. The second-order valence-electron chi connectivity index (χ2n) is 6.18. The predicted molar refractivity (Wildman–Crippen MR) is 61.0 cm³/mol. The summed E-state index contributed by atoms with van der Waals surface area (Å²) in [7, 11) is 0. The highest BCUT2D eigenvalue weighted by Crippen LogP contribution is 2.65. The first kappa shape index (κ1) is 10.1. The first-order valence-corrected chi connectivity index (χ1v) is 6.69. The number of hydrogen-bond donors (Lipinski definition) is 1. The SMILES string of the molecule is O=C(O)CC12C[C@H]3C[C@@H](CC(Br)(C3)C1)C2. The molecule has 4 rings (SSSR count). The highest BCUT2D eigenvalue weighted by Gasteiger charge is 2.57. The Hall–Kier alpha value is -0.0500. The molecule has 0 heterocycles. The predicted octanol–water partition coefficient (Wildman–Crippen LogP) is 3.20. The van der Waals surface area contributed by atoms with Gasteiger partial charge in [-0.1, -0.05) is 15.9 Å². The van der Waals surface area contributed by atoms with Gasteiger partial charge >= 0.3 is 5.97 Å². The van der Waals surface area contributed by atoms with E-state index in [4.69, 9.17) is 5.11 Å². The fourth-order valence-corrected chi connectivity index (χ4v) is 6.37. The molecule has 15 heavy (non-hydrogen) atoms. The van der Waals surface area contributed by atoms with Crippen molar-refractivity contribution >= 4 is 21.9 Å². The molecule has 0 amide bonds. The van der Waals surface area contributed by atoms with E-state index in [1.54, 1.807) is 0 Å². The highest BCUT2D eigenvalue weighted by molar-refractivity contribution is 9.10. The number of halogens is 1. The van der Waals surface area contributed by atoms with Gasteiger partial charge in [-0.2, -0.15) is 0 Å². The van der Waals surface area contributed by atoms with Crippen molar-refractivity contribution in [2.75, 3.05) is 0 Å². The molecule has 1 N–H and O–H groups in total. The third kappa shape index (κ3) is 1.63. The zero-order valence-corrected chi connectivity index (χ0v) is 10.4. The van der Waals surface area contributed by atoms with Gasteiger partial charge in [0.25, 0.3) is 0 Å². The van der Waals surface area contributed by atoms with Crippen LogP contribution in [-0.2, 0) is 4.79 Å². The Bertz CT molecular complexity index is 299. The van der Waals surface area contributed by atoms with Gasteiger partial charge in [0.05, 0.1) is 6.42 Å². The molecule has 4 aliphatic carbocycles. The minimum Gasteiger partial charge on any atom is -0.481 e. The summed E-state index contributed by atoms with van der Waals surface area (Å²) < 4.78 is 0.298. The van der Waals surface area contributed by atoms with Crippen LogP contribution in [0.2, 0.25) is 0 Å². The van der Waals surface area contributed by atoms with Gasteiger partial charge in [0, 0.05) is 4.32 Å². The average molecular weight is 273 g/mol. The first-order chi connectivity index (χ1) is 6.99. The summed E-state index contributed by atoms with van der Waals surface area (Å²) in [5.41, 5.74) is 0.138. The van der Waals surface area contributed by atoms with E-state index in [9.17, 15) is 4.79 Å². The van der Waals surface area contributed by atoms with Gasteiger partial charge in [0.15, 0.2) is 0 Å². The lowest BCUT2D eigenvalue weighted by Gasteiger charge is -2.60. The Morgan fingerprint density at radius 1 is 1.27 bits per heavy atom. The van der Waals surface area contributed by atoms with Crippen LogP contribution in [0, 0.1) is 17.3 Å². The summed E-state index contributed by atoms with van der Waals surface area (Å²) in [4.78, 5) is 11.0. The lowest BCUT2D eigenvalue weighted by Crippen LogP contribution is -2.53. The van der Waals surface area contributed by atoms with E-state index in [1.165, 1.54) is 32.1 Å². The summed E-state index contributed by atoms with van der Waals surface area (Å²) in [6.07, 6.45) is 7.75. The van der Waals surface area contributed by atoms with Gasteiger partial charge in [-0.05, 0) is 55.8 Å². The zero-order chi connectivity index (χ0) is 10.7. The largest absolute Gasteiger partial charge is 0.481 e. The van der Waals surface area contributed by atoms with Crippen molar-refractivity contribution < 1.29 is 9.90 Å². The molecule has 0 aliphatic heterocycles. The molecule has 0 aromatic rings. The van der Waals surface area contributed by atoms with Crippen molar-refractivity contribution in [1.82, 2.24) is 0 Å². The van der Waals surface area contributed by atoms with Crippen molar-refractivity contribution in [2.45, 2.75) is 49.3 Å². The standard InChI is InChI=1S/C12H17BrO2/c13-12-4-8-1-9(5-12)3-11(2-8,7-12)6-10(14)15/h8-9H,1-7H2,(H,14,15)/t8-,9-,11?,12?/m1/s1. The monoisotopic (exact) mass is 272 g/mol. The van der Waals surface area contributed by atoms with Gasteiger partial charge in [-0.15, -0.1) is 0 Å². The van der Waals surface area contributed by atoms with Crippen molar-refractivity contribution in [1.29, 1.82) is 0 Å². The van der Waals surface area contributed by atoms with Crippen LogP contribution in [0.5, 0.6) is 0 Å². The second-order valence-corrected chi connectivity index (χ2v) is 7.86. The number of carbonyl (C=O) groups is 1. The number of aliphatic carboxylic acids is 1. The van der Waals surface area contributed by atoms with Crippen molar-refractivity contribution in [3.05, 3.63) is 0 Å². The fourth-order valence-electron chi connectivity index (χ4n) is 4.86. The summed E-state index contributed by atoms with van der Waals surface area (Å²) in [6.45, 7) is 0. The van der Waals surface area contributed by atoms with Crippen LogP contribution in [0.15, 0.2) is 0 Å².